The quantitative estimate of drug-likeness (QED) is 0.0696. The number of aliphatic hydroxyl groups is 1. The molecule has 2 atom stereocenters. The van der Waals surface area contributed by atoms with Crippen molar-refractivity contribution < 1.29 is 57.4 Å². The summed E-state index contributed by atoms with van der Waals surface area (Å²) in [5.41, 5.74) is 0. The van der Waals surface area contributed by atoms with Crippen LogP contribution in [0.25, 0.3) is 0 Å². The Kier molecular flexibility index (Phi) is 17.9. The minimum Gasteiger partial charge on any atom is -0.379 e. The Bertz CT molecular complexity index is 665. The first-order chi connectivity index (χ1) is 16.0. The SMILES string of the molecule is C#CCOCCOCCOCCOCCOCCC(=O)NCCCC(O)(P(C)(=O)O)P(=O)(O)O. The van der Waals surface area contributed by atoms with Crippen molar-refractivity contribution in [1.29, 1.82) is 0 Å². The molecular formula is C19H37NO12P2. The van der Waals surface area contributed by atoms with Gasteiger partial charge in [0.05, 0.1) is 59.5 Å². The van der Waals surface area contributed by atoms with Gasteiger partial charge in [0.25, 0.3) is 0 Å². The third-order valence-corrected chi connectivity index (χ3v) is 8.89. The molecule has 0 spiro atoms. The predicted octanol–water partition coefficient (Wildman–Crippen LogP) is -0.287. The summed E-state index contributed by atoms with van der Waals surface area (Å²) in [6.07, 6.45) is 4.34. The van der Waals surface area contributed by atoms with Gasteiger partial charge in [-0.3, -0.25) is 13.9 Å². The Balaban J connectivity index is 3.60. The van der Waals surface area contributed by atoms with E-state index in [9.17, 15) is 33.7 Å². The fraction of sp³-hybridized carbons (Fsp3) is 0.842. The zero-order valence-electron chi connectivity index (χ0n) is 19.4. The molecule has 0 aromatic heterocycles. The number of hydrogen-bond donors (Lipinski definition) is 5. The lowest BCUT2D eigenvalue weighted by molar-refractivity contribution is -0.122. The predicted molar refractivity (Wildman–Crippen MR) is 123 cm³/mol. The standard InChI is InChI=1S/C19H37NO12P2/c1-3-8-28-10-12-30-14-16-32-17-15-31-13-11-29-9-5-18(21)20-7-4-6-19(22,33(2,23)24)34(25,26)27/h1,22H,4-17H2,2H3,(H,20,21)(H,23,24)(H2,25,26,27). The molecule has 200 valence electrons. The molecule has 13 nitrogen and oxygen atoms in total. The van der Waals surface area contributed by atoms with Gasteiger partial charge in [-0.15, -0.1) is 6.42 Å². The molecule has 0 rings (SSSR count). The first-order valence-electron chi connectivity index (χ1n) is 10.6. The summed E-state index contributed by atoms with van der Waals surface area (Å²) in [7, 11) is -9.74. The normalized spacial score (nSPS) is 15.3. The van der Waals surface area contributed by atoms with Gasteiger partial charge in [-0.2, -0.15) is 0 Å². The van der Waals surface area contributed by atoms with Crippen LogP contribution in [-0.4, -0.2) is 110 Å². The van der Waals surface area contributed by atoms with Crippen LogP contribution in [0.4, 0.5) is 0 Å². The van der Waals surface area contributed by atoms with E-state index in [2.05, 4.69) is 11.2 Å². The lowest BCUT2D eigenvalue weighted by atomic mass is 10.3. The van der Waals surface area contributed by atoms with Crippen LogP contribution in [0.2, 0.25) is 0 Å². The number of terminal acetylenes is 1. The molecule has 2 unspecified atom stereocenters. The molecule has 0 aromatic carbocycles. The van der Waals surface area contributed by atoms with Gasteiger partial charge in [0.2, 0.25) is 18.4 Å². The Morgan fingerprint density at radius 2 is 1.32 bits per heavy atom. The van der Waals surface area contributed by atoms with Crippen LogP contribution in [0.15, 0.2) is 0 Å². The van der Waals surface area contributed by atoms with Crippen molar-refractivity contribution >= 4 is 20.9 Å². The maximum atomic E-state index is 11.7. The van der Waals surface area contributed by atoms with Gasteiger partial charge in [-0.25, -0.2) is 0 Å². The first kappa shape index (κ1) is 33.1. The Hall–Kier alpha value is -0.870. The van der Waals surface area contributed by atoms with Crippen molar-refractivity contribution in [3.8, 4) is 12.3 Å². The van der Waals surface area contributed by atoms with E-state index in [-0.39, 0.29) is 45.1 Å². The van der Waals surface area contributed by atoms with E-state index in [1.807, 2.05) is 0 Å². The van der Waals surface area contributed by atoms with Gasteiger partial charge >= 0.3 is 7.60 Å². The number of hydrogen-bond acceptors (Lipinski definition) is 9. The number of carbonyl (C=O) groups is 1. The maximum Gasteiger partial charge on any atom is 0.366 e. The summed E-state index contributed by atoms with van der Waals surface area (Å²) < 4.78 is 49.3. The lowest BCUT2D eigenvalue weighted by Gasteiger charge is -2.30. The van der Waals surface area contributed by atoms with Gasteiger partial charge in [-0.1, -0.05) is 5.92 Å². The lowest BCUT2D eigenvalue weighted by Crippen LogP contribution is -2.31. The minimum atomic E-state index is -5.25. The van der Waals surface area contributed by atoms with E-state index in [0.29, 0.717) is 52.9 Å². The Morgan fingerprint density at radius 1 is 0.882 bits per heavy atom. The minimum absolute atomic E-state index is 0.0329. The second kappa shape index (κ2) is 18.4. The van der Waals surface area contributed by atoms with E-state index in [1.165, 1.54) is 0 Å². The van der Waals surface area contributed by atoms with Crippen LogP contribution >= 0.6 is 15.0 Å². The molecule has 0 aliphatic carbocycles. The van der Waals surface area contributed by atoms with Crippen molar-refractivity contribution in [3.63, 3.8) is 0 Å². The first-order valence-corrected chi connectivity index (χ1v) is 14.3. The van der Waals surface area contributed by atoms with Crippen LogP contribution in [-0.2, 0) is 37.6 Å². The fourth-order valence-electron chi connectivity index (χ4n) is 2.41. The molecule has 5 N–H and O–H groups in total. The fourth-order valence-corrected chi connectivity index (χ4v) is 5.37. The monoisotopic (exact) mass is 533 g/mol. The summed E-state index contributed by atoms with van der Waals surface area (Å²) >= 11 is 0. The Labute approximate surface area is 200 Å². The molecule has 0 aliphatic heterocycles. The molecule has 15 heteroatoms. The summed E-state index contributed by atoms with van der Waals surface area (Å²) in [5.74, 6) is 1.98. The largest absolute Gasteiger partial charge is 0.379 e. The number of nitrogens with one attached hydrogen (secondary N) is 1. The molecule has 0 radical (unpaired) electrons. The van der Waals surface area contributed by atoms with E-state index >= 15 is 0 Å². The maximum absolute atomic E-state index is 11.7. The molecule has 0 saturated carbocycles. The van der Waals surface area contributed by atoms with Gasteiger partial charge in [-0.05, 0) is 12.8 Å². The van der Waals surface area contributed by atoms with E-state index < -0.39 is 26.5 Å². The Morgan fingerprint density at radius 3 is 1.74 bits per heavy atom. The number of ether oxygens (including phenoxy) is 5. The van der Waals surface area contributed by atoms with Crippen molar-refractivity contribution in [2.24, 2.45) is 0 Å². The van der Waals surface area contributed by atoms with E-state index in [1.54, 1.807) is 0 Å². The smallest absolute Gasteiger partial charge is 0.366 e. The summed E-state index contributed by atoms with van der Waals surface area (Å²) in [6, 6.07) is 0. The van der Waals surface area contributed by atoms with Crippen molar-refractivity contribution in [2.45, 2.75) is 24.3 Å². The van der Waals surface area contributed by atoms with Crippen molar-refractivity contribution in [3.05, 3.63) is 0 Å². The number of carbonyl (C=O) groups excluding carboxylic acids is 1. The topological polar surface area (TPSA) is 190 Å². The zero-order chi connectivity index (χ0) is 25.9. The van der Waals surface area contributed by atoms with Gasteiger partial charge < -0.3 is 48.8 Å². The highest BCUT2D eigenvalue weighted by molar-refractivity contribution is 7.74. The second-order valence-electron chi connectivity index (χ2n) is 7.11. The molecule has 0 fully saturated rings. The molecule has 0 aromatic rings. The van der Waals surface area contributed by atoms with Crippen molar-refractivity contribution in [2.75, 3.05) is 79.3 Å². The third-order valence-electron chi connectivity index (χ3n) is 4.29. The van der Waals surface area contributed by atoms with Crippen LogP contribution in [0.1, 0.15) is 19.3 Å². The average Bonchev–Trinajstić information content (AvgIpc) is 2.74. The summed E-state index contributed by atoms with van der Waals surface area (Å²) in [4.78, 5) is 39.6. The van der Waals surface area contributed by atoms with E-state index in [0.717, 1.165) is 0 Å². The van der Waals surface area contributed by atoms with Crippen LogP contribution in [0.3, 0.4) is 0 Å². The molecular weight excluding hydrogens is 496 g/mol. The highest BCUT2D eigenvalue weighted by atomic mass is 31.2. The number of rotatable bonds is 22. The summed E-state index contributed by atoms with van der Waals surface area (Å²) in [6.45, 7) is 4.20. The molecule has 0 aliphatic rings. The molecule has 0 bridgehead atoms. The van der Waals surface area contributed by atoms with Gasteiger partial charge in [0.15, 0.2) is 0 Å². The van der Waals surface area contributed by atoms with Crippen LogP contribution < -0.4 is 5.32 Å². The third kappa shape index (κ3) is 15.2. The van der Waals surface area contributed by atoms with E-state index in [4.69, 9.17) is 30.1 Å². The average molecular weight is 533 g/mol. The highest BCUT2D eigenvalue weighted by Crippen LogP contribution is 2.69. The molecule has 0 saturated heterocycles. The van der Waals surface area contributed by atoms with Gasteiger partial charge in [0, 0.05) is 19.6 Å². The van der Waals surface area contributed by atoms with Crippen molar-refractivity contribution in [1.82, 2.24) is 5.32 Å². The molecule has 0 heterocycles. The molecule has 1 amide bonds. The van der Waals surface area contributed by atoms with Crippen LogP contribution in [0, 0.1) is 12.3 Å². The summed E-state index contributed by atoms with van der Waals surface area (Å²) in [5, 5.41) is 9.41. The number of amides is 1. The molecule has 34 heavy (non-hydrogen) atoms. The zero-order valence-corrected chi connectivity index (χ0v) is 21.2. The van der Waals surface area contributed by atoms with Gasteiger partial charge in [0.1, 0.15) is 6.61 Å². The van der Waals surface area contributed by atoms with Crippen LogP contribution in [0.5, 0.6) is 0 Å². The second-order valence-corrected chi connectivity index (χ2v) is 11.8. The highest BCUT2D eigenvalue weighted by Gasteiger charge is 2.56.